The molecule has 0 spiro atoms. The molecule has 0 aliphatic carbocycles. The van der Waals surface area contributed by atoms with Gasteiger partial charge in [-0.1, -0.05) is 13.8 Å². The van der Waals surface area contributed by atoms with Crippen LogP contribution in [0.4, 0.5) is 5.69 Å². The predicted octanol–water partition coefficient (Wildman–Crippen LogP) is 2.50. The van der Waals surface area contributed by atoms with Gasteiger partial charge in [-0.3, -0.25) is 14.4 Å². The molecule has 6 heteroatoms. The Balaban J connectivity index is 2.32. The molecule has 1 aromatic rings. The molecular weight excluding hydrogens is 298 g/mol. The number of carboxylic acids is 1. The van der Waals surface area contributed by atoms with Crippen molar-refractivity contribution in [1.29, 1.82) is 0 Å². The van der Waals surface area contributed by atoms with Crippen LogP contribution in [-0.4, -0.2) is 35.4 Å². The molecule has 0 saturated carbocycles. The summed E-state index contributed by atoms with van der Waals surface area (Å²) in [4.78, 5) is 36.7. The van der Waals surface area contributed by atoms with E-state index in [-0.39, 0.29) is 30.4 Å². The van der Waals surface area contributed by atoms with Gasteiger partial charge in [-0.2, -0.15) is 0 Å². The third kappa shape index (κ3) is 3.88. The molecule has 1 amide bonds. The number of carboxylic acid groups (broad SMARTS) is 1. The SMILES string of the molecule is CC(C)CN1C(=O)C(C)Oc2ccc(C(=O)CCC(=O)O)cc21. The van der Waals surface area contributed by atoms with E-state index >= 15 is 0 Å². The number of anilines is 1. The molecular formula is C17H21NO5. The normalized spacial score (nSPS) is 17.0. The number of carbonyl (C=O) groups is 3. The van der Waals surface area contributed by atoms with Gasteiger partial charge in [-0.25, -0.2) is 0 Å². The first-order valence-corrected chi connectivity index (χ1v) is 7.66. The number of Topliss-reactive ketones (excluding diaryl/α,β-unsaturated/α-hetero) is 1. The number of ketones is 1. The van der Waals surface area contributed by atoms with Crippen LogP contribution in [0.25, 0.3) is 0 Å². The zero-order chi connectivity index (χ0) is 17.1. The van der Waals surface area contributed by atoms with Crippen molar-refractivity contribution in [2.75, 3.05) is 11.4 Å². The molecule has 2 rings (SSSR count). The van der Waals surface area contributed by atoms with Crippen molar-refractivity contribution in [3.63, 3.8) is 0 Å². The molecule has 0 bridgehead atoms. The van der Waals surface area contributed by atoms with Crippen molar-refractivity contribution in [2.24, 2.45) is 5.92 Å². The quantitative estimate of drug-likeness (QED) is 0.814. The minimum atomic E-state index is -1.01. The first kappa shape index (κ1) is 17.0. The van der Waals surface area contributed by atoms with Gasteiger partial charge < -0.3 is 14.7 Å². The van der Waals surface area contributed by atoms with E-state index < -0.39 is 12.1 Å². The average Bonchev–Trinajstić information content (AvgIpc) is 2.48. The highest BCUT2D eigenvalue weighted by atomic mass is 16.5. The van der Waals surface area contributed by atoms with Crippen molar-refractivity contribution >= 4 is 23.3 Å². The molecule has 1 aliphatic heterocycles. The van der Waals surface area contributed by atoms with Crippen molar-refractivity contribution < 1.29 is 24.2 Å². The highest BCUT2D eigenvalue weighted by Crippen LogP contribution is 2.35. The fourth-order valence-corrected chi connectivity index (χ4v) is 2.50. The minimum Gasteiger partial charge on any atom is -0.481 e. The number of benzene rings is 1. The van der Waals surface area contributed by atoms with E-state index in [1.165, 1.54) is 0 Å². The van der Waals surface area contributed by atoms with Crippen molar-refractivity contribution in [3.05, 3.63) is 23.8 Å². The first-order chi connectivity index (χ1) is 10.8. The maximum Gasteiger partial charge on any atom is 0.303 e. The fourth-order valence-electron chi connectivity index (χ4n) is 2.50. The lowest BCUT2D eigenvalue weighted by atomic mass is 10.0. The third-order valence-electron chi connectivity index (χ3n) is 3.60. The zero-order valence-corrected chi connectivity index (χ0v) is 13.5. The van der Waals surface area contributed by atoms with Gasteiger partial charge in [0.25, 0.3) is 5.91 Å². The molecule has 0 fully saturated rings. The summed E-state index contributed by atoms with van der Waals surface area (Å²) in [5.74, 6) is -0.576. The molecule has 6 nitrogen and oxygen atoms in total. The molecule has 0 radical (unpaired) electrons. The number of aliphatic carboxylic acids is 1. The van der Waals surface area contributed by atoms with Gasteiger partial charge in [0.15, 0.2) is 11.9 Å². The van der Waals surface area contributed by atoms with Crippen LogP contribution in [0.1, 0.15) is 44.0 Å². The van der Waals surface area contributed by atoms with Crippen LogP contribution in [0.15, 0.2) is 18.2 Å². The number of hydrogen-bond acceptors (Lipinski definition) is 4. The second-order valence-corrected chi connectivity index (χ2v) is 6.10. The summed E-state index contributed by atoms with van der Waals surface area (Å²) in [5.41, 5.74) is 0.965. The Morgan fingerprint density at radius 2 is 2.00 bits per heavy atom. The molecule has 23 heavy (non-hydrogen) atoms. The molecule has 0 aromatic heterocycles. The van der Waals surface area contributed by atoms with Gasteiger partial charge in [-0.05, 0) is 31.0 Å². The maximum atomic E-state index is 12.4. The minimum absolute atomic E-state index is 0.0660. The van der Waals surface area contributed by atoms with E-state index in [1.807, 2.05) is 13.8 Å². The number of fused-ring (bicyclic) bond motifs is 1. The predicted molar refractivity (Wildman–Crippen MR) is 84.9 cm³/mol. The van der Waals surface area contributed by atoms with Crippen LogP contribution in [0.5, 0.6) is 5.75 Å². The largest absolute Gasteiger partial charge is 0.481 e. The second kappa shape index (κ2) is 6.81. The molecule has 1 heterocycles. The number of amides is 1. The van der Waals surface area contributed by atoms with Crippen molar-refractivity contribution in [3.8, 4) is 5.75 Å². The van der Waals surface area contributed by atoms with Crippen molar-refractivity contribution in [2.45, 2.75) is 39.7 Å². The number of rotatable bonds is 6. The molecule has 1 N–H and O–H groups in total. The number of hydrogen-bond donors (Lipinski definition) is 1. The van der Waals surface area contributed by atoms with E-state index in [4.69, 9.17) is 9.84 Å². The standard InChI is InChI=1S/C17H21NO5/c1-10(2)9-18-13-8-12(14(19)5-7-16(20)21)4-6-15(13)23-11(3)17(18)22/h4,6,8,10-11H,5,7,9H2,1-3H3,(H,20,21). The molecule has 1 aliphatic rings. The summed E-state index contributed by atoms with van der Waals surface area (Å²) in [6, 6.07) is 4.89. The van der Waals surface area contributed by atoms with Crippen LogP contribution in [-0.2, 0) is 9.59 Å². The Bertz CT molecular complexity index is 638. The first-order valence-electron chi connectivity index (χ1n) is 7.66. The number of nitrogens with zero attached hydrogens (tertiary/aromatic N) is 1. The van der Waals surface area contributed by atoms with Gasteiger partial charge in [0.2, 0.25) is 0 Å². The van der Waals surface area contributed by atoms with Crippen molar-refractivity contribution in [1.82, 2.24) is 0 Å². The summed E-state index contributed by atoms with van der Waals surface area (Å²) in [6.07, 6.45) is -0.837. The van der Waals surface area contributed by atoms with Gasteiger partial charge in [0.05, 0.1) is 12.1 Å². The molecule has 1 unspecified atom stereocenters. The third-order valence-corrected chi connectivity index (χ3v) is 3.60. The monoisotopic (exact) mass is 319 g/mol. The van der Waals surface area contributed by atoms with Gasteiger partial charge in [0, 0.05) is 18.5 Å². The Morgan fingerprint density at radius 3 is 2.61 bits per heavy atom. The van der Waals surface area contributed by atoms with Crippen LogP contribution in [0, 0.1) is 5.92 Å². The van der Waals surface area contributed by atoms with Crippen LogP contribution >= 0.6 is 0 Å². The fraction of sp³-hybridized carbons (Fsp3) is 0.471. The maximum absolute atomic E-state index is 12.4. The van der Waals surface area contributed by atoms with Crippen LogP contribution in [0.2, 0.25) is 0 Å². The summed E-state index contributed by atoms with van der Waals surface area (Å²) >= 11 is 0. The summed E-state index contributed by atoms with van der Waals surface area (Å²) < 4.78 is 5.59. The Kier molecular flexibility index (Phi) is 5.03. The van der Waals surface area contributed by atoms with E-state index in [0.717, 1.165) is 0 Å². The zero-order valence-electron chi connectivity index (χ0n) is 13.5. The van der Waals surface area contributed by atoms with Gasteiger partial charge in [0.1, 0.15) is 5.75 Å². The van der Waals surface area contributed by atoms with E-state index in [9.17, 15) is 14.4 Å². The Morgan fingerprint density at radius 1 is 1.30 bits per heavy atom. The van der Waals surface area contributed by atoms with E-state index in [2.05, 4.69) is 0 Å². The molecule has 1 atom stereocenters. The van der Waals surface area contributed by atoms with E-state index in [1.54, 1.807) is 30.0 Å². The molecule has 0 saturated heterocycles. The summed E-state index contributed by atoms with van der Waals surface area (Å²) in [6.45, 7) is 6.25. The Labute approximate surface area is 135 Å². The topological polar surface area (TPSA) is 83.9 Å². The summed E-state index contributed by atoms with van der Waals surface area (Å²) in [7, 11) is 0. The van der Waals surface area contributed by atoms with Crippen LogP contribution in [0.3, 0.4) is 0 Å². The smallest absolute Gasteiger partial charge is 0.303 e. The molecule has 1 aromatic carbocycles. The van der Waals surface area contributed by atoms with Gasteiger partial charge in [-0.15, -0.1) is 0 Å². The summed E-state index contributed by atoms with van der Waals surface area (Å²) in [5, 5.41) is 8.68. The second-order valence-electron chi connectivity index (χ2n) is 6.10. The number of ether oxygens (including phenoxy) is 1. The number of carbonyl (C=O) groups excluding carboxylic acids is 2. The lowest BCUT2D eigenvalue weighted by Gasteiger charge is -2.34. The highest BCUT2D eigenvalue weighted by molar-refractivity contribution is 6.03. The lowest BCUT2D eigenvalue weighted by molar-refractivity contribution is -0.137. The average molecular weight is 319 g/mol. The molecule has 124 valence electrons. The lowest BCUT2D eigenvalue weighted by Crippen LogP contribution is -2.46. The van der Waals surface area contributed by atoms with E-state index in [0.29, 0.717) is 23.5 Å². The Hall–Kier alpha value is -2.37. The van der Waals surface area contributed by atoms with Gasteiger partial charge >= 0.3 is 5.97 Å². The highest BCUT2D eigenvalue weighted by Gasteiger charge is 2.32. The van der Waals surface area contributed by atoms with Crippen LogP contribution < -0.4 is 9.64 Å².